The maximum Gasteiger partial charge on any atom is 0.334 e. The van der Waals surface area contributed by atoms with Crippen LogP contribution in [0.4, 0.5) is 0 Å². The van der Waals surface area contributed by atoms with Gasteiger partial charge < -0.3 is 14.2 Å². The van der Waals surface area contributed by atoms with Gasteiger partial charge in [-0.2, -0.15) is 0 Å². The molecule has 1 heterocycles. The van der Waals surface area contributed by atoms with E-state index in [4.69, 9.17) is 14.2 Å². The van der Waals surface area contributed by atoms with Gasteiger partial charge >= 0.3 is 5.97 Å². The number of halogens is 1. The lowest BCUT2D eigenvalue weighted by Gasteiger charge is -2.16. The minimum atomic E-state index is -0.217. The molecule has 0 aliphatic carbocycles. The molecule has 0 radical (unpaired) electrons. The summed E-state index contributed by atoms with van der Waals surface area (Å²) in [6, 6.07) is 0. The summed E-state index contributed by atoms with van der Waals surface area (Å²) in [5.41, 5.74) is 0.720. The van der Waals surface area contributed by atoms with Crippen LogP contribution in [0.5, 0.6) is 0 Å². The Hall–Kier alpha value is -0.400. The Morgan fingerprint density at radius 1 is 1.58 bits per heavy atom. The molecule has 0 N–H and O–H groups in total. The highest BCUT2D eigenvalue weighted by molar-refractivity contribution is 14.1. The lowest BCUT2D eigenvalue weighted by Crippen LogP contribution is -2.17. The van der Waals surface area contributed by atoms with Crippen molar-refractivity contribution in [1.29, 1.82) is 0 Å². The predicted molar refractivity (Wildman–Crippen MR) is 82.0 cm³/mol. The quantitative estimate of drug-likeness (QED) is 0.266. The highest BCUT2D eigenvalue weighted by atomic mass is 127. The van der Waals surface area contributed by atoms with Gasteiger partial charge in [0, 0.05) is 19.1 Å². The molecule has 0 unspecified atom stereocenters. The van der Waals surface area contributed by atoms with E-state index >= 15 is 0 Å². The Kier molecular flexibility index (Phi) is 8.32. The van der Waals surface area contributed by atoms with Crippen molar-refractivity contribution in [3.05, 3.63) is 21.8 Å². The number of ether oxygens (including phenoxy) is 3. The van der Waals surface area contributed by atoms with Gasteiger partial charge in [0.15, 0.2) is 0 Å². The normalized spacial score (nSPS) is 20.7. The Balaban J connectivity index is 2.44. The van der Waals surface area contributed by atoms with Crippen LogP contribution in [-0.2, 0) is 19.0 Å². The first-order chi connectivity index (χ1) is 9.17. The van der Waals surface area contributed by atoms with Gasteiger partial charge in [-0.15, -0.1) is 0 Å². The molecular formula is C14H21IO4. The second-order valence-electron chi connectivity index (χ2n) is 4.49. The third-order valence-corrected chi connectivity index (χ3v) is 3.35. The van der Waals surface area contributed by atoms with Crippen LogP contribution in [0.15, 0.2) is 21.8 Å². The Bertz CT molecular complexity index is 338. The van der Waals surface area contributed by atoms with E-state index in [0.29, 0.717) is 6.42 Å². The van der Waals surface area contributed by atoms with E-state index in [1.54, 1.807) is 7.11 Å². The molecule has 0 aromatic carbocycles. The van der Waals surface area contributed by atoms with Crippen molar-refractivity contribution in [2.75, 3.05) is 13.9 Å². The Morgan fingerprint density at radius 2 is 2.37 bits per heavy atom. The molecule has 1 aliphatic heterocycles. The van der Waals surface area contributed by atoms with Gasteiger partial charge in [0.2, 0.25) is 0 Å². The fraction of sp³-hybridized carbons (Fsp3) is 0.643. The molecule has 0 bridgehead atoms. The minimum absolute atomic E-state index is 0.00617. The molecule has 0 aromatic heterocycles. The molecule has 2 atom stereocenters. The monoisotopic (exact) mass is 380 g/mol. The summed E-state index contributed by atoms with van der Waals surface area (Å²) >= 11 is 2.21. The first-order valence-electron chi connectivity index (χ1n) is 6.44. The molecule has 0 aromatic rings. The van der Waals surface area contributed by atoms with Gasteiger partial charge in [-0.3, -0.25) is 0 Å². The molecule has 0 saturated heterocycles. The molecule has 108 valence electrons. The zero-order chi connectivity index (χ0) is 14.1. The first kappa shape index (κ1) is 16.7. The second-order valence-corrected chi connectivity index (χ2v) is 5.21. The van der Waals surface area contributed by atoms with Crippen LogP contribution in [0.1, 0.15) is 32.6 Å². The fourth-order valence-electron chi connectivity index (χ4n) is 1.96. The fourth-order valence-corrected chi connectivity index (χ4v) is 2.32. The molecule has 0 saturated carbocycles. The minimum Gasteiger partial charge on any atom is -0.455 e. The van der Waals surface area contributed by atoms with Gasteiger partial charge in [-0.1, -0.05) is 28.7 Å². The van der Waals surface area contributed by atoms with E-state index in [-0.39, 0.29) is 25.0 Å². The number of carbonyl (C=O) groups is 1. The molecule has 4 nitrogen and oxygen atoms in total. The van der Waals surface area contributed by atoms with Crippen molar-refractivity contribution in [2.45, 2.75) is 44.8 Å². The van der Waals surface area contributed by atoms with Gasteiger partial charge in [0.1, 0.15) is 12.9 Å². The summed E-state index contributed by atoms with van der Waals surface area (Å²) in [5, 5.41) is 0. The van der Waals surface area contributed by atoms with Crippen LogP contribution in [0.3, 0.4) is 0 Å². The highest BCUT2D eigenvalue weighted by Gasteiger charge is 2.25. The number of methoxy groups -OCH3 is 1. The van der Waals surface area contributed by atoms with Crippen molar-refractivity contribution in [1.82, 2.24) is 0 Å². The average molecular weight is 380 g/mol. The number of hydrogen-bond donors (Lipinski definition) is 0. The summed E-state index contributed by atoms with van der Waals surface area (Å²) in [4.78, 5) is 11.6. The van der Waals surface area contributed by atoms with Crippen molar-refractivity contribution in [2.24, 2.45) is 0 Å². The zero-order valence-corrected chi connectivity index (χ0v) is 13.6. The lowest BCUT2D eigenvalue weighted by atomic mass is 10.0. The maximum absolute atomic E-state index is 11.6. The lowest BCUT2D eigenvalue weighted by molar-refractivity contribution is -0.139. The molecule has 1 aliphatic rings. The van der Waals surface area contributed by atoms with Gasteiger partial charge in [0.25, 0.3) is 0 Å². The number of cyclic esters (lactones) is 1. The van der Waals surface area contributed by atoms with E-state index in [0.717, 1.165) is 24.8 Å². The van der Waals surface area contributed by atoms with Crippen molar-refractivity contribution < 1.29 is 19.0 Å². The Labute approximate surface area is 128 Å². The summed E-state index contributed by atoms with van der Waals surface area (Å²) in [6.07, 6.45) is 7.44. The van der Waals surface area contributed by atoms with Crippen molar-refractivity contribution in [3.63, 3.8) is 0 Å². The third-order valence-electron chi connectivity index (χ3n) is 2.85. The number of unbranched alkanes of at least 4 members (excludes halogenated alkanes) is 1. The standard InChI is InChI=1S/C14H21IO4/c1-11-8-12(14(16)19-11)9-13(18-10-17-2)6-4-3-5-7-15/h5,7-8,11,13H,3-4,6,9-10H2,1-2H3/b7-5+/t11-,13+/m0/s1. The smallest absolute Gasteiger partial charge is 0.334 e. The molecule has 19 heavy (non-hydrogen) atoms. The van der Waals surface area contributed by atoms with E-state index in [1.165, 1.54) is 0 Å². The zero-order valence-electron chi connectivity index (χ0n) is 11.4. The van der Waals surface area contributed by atoms with E-state index < -0.39 is 0 Å². The van der Waals surface area contributed by atoms with Crippen LogP contribution in [0.2, 0.25) is 0 Å². The van der Waals surface area contributed by atoms with Crippen LogP contribution >= 0.6 is 22.6 Å². The molecule has 0 fully saturated rings. The Morgan fingerprint density at radius 3 is 2.95 bits per heavy atom. The molecule has 1 rings (SSSR count). The number of esters is 1. The van der Waals surface area contributed by atoms with Gasteiger partial charge in [-0.25, -0.2) is 4.79 Å². The van der Waals surface area contributed by atoms with Crippen LogP contribution in [0, 0.1) is 0 Å². The third kappa shape index (κ3) is 6.54. The number of hydrogen-bond acceptors (Lipinski definition) is 4. The molecule has 5 heteroatoms. The summed E-state index contributed by atoms with van der Waals surface area (Å²) < 4.78 is 17.7. The van der Waals surface area contributed by atoms with E-state index in [9.17, 15) is 4.79 Å². The maximum atomic E-state index is 11.6. The van der Waals surface area contributed by atoms with Gasteiger partial charge in [0.05, 0.1) is 6.10 Å². The first-order valence-corrected chi connectivity index (χ1v) is 7.69. The topological polar surface area (TPSA) is 44.8 Å². The molecular weight excluding hydrogens is 359 g/mol. The van der Waals surface area contributed by atoms with E-state index in [1.807, 2.05) is 17.1 Å². The number of carbonyl (C=O) groups excluding carboxylic acids is 1. The molecule has 0 amide bonds. The average Bonchev–Trinajstić information content (AvgIpc) is 2.69. The predicted octanol–water partition coefficient (Wildman–Crippen LogP) is 3.36. The van der Waals surface area contributed by atoms with Crippen LogP contribution in [-0.4, -0.2) is 32.1 Å². The molecule has 0 spiro atoms. The highest BCUT2D eigenvalue weighted by Crippen LogP contribution is 2.22. The van der Waals surface area contributed by atoms with E-state index in [2.05, 4.69) is 28.7 Å². The van der Waals surface area contributed by atoms with Gasteiger partial charge in [-0.05, 0) is 36.3 Å². The van der Waals surface area contributed by atoms with Crippen molar-refractivity contribution >= 4 is 28.6 Å². The summed E-state index contributed by atoms with van der Waals surface area (Å²) in [5.74, 6) is -0.217. The SMILES string of the molecule is COCO[C@H](CCC/C=C/I)CC1=C[C@H](C)OC1=O. The van der Waals surface area contributed by atoms with Crippen molar-refractivity contribution in [3.8, 4) is 0 Å². The van der Waals surface area contributed by atoms with Crippen LogP contribution < -0.4 is 0 Å². The summed E-state index contributed by atoms with van der Waals surface area (Å²) in [6.45, 7) is 2.12. The summed E-state index contributed by atoms with van der Waals surface area (Å²) in [7, 11) is 1.60. The number of rotatable bonds is 9. The van der Waals surface area contributed by atoms with Crippen LogP contribution in [0.25, 0.3) is 0 Å². The largest absolute Gasteiger partial charge is 0.455 e. The number of allylic oxidation sites excluding steroid dienone is 1. The second kappa shape index (κ2) is 9.50.